The molecule has 1 aromatic carbocycles. The second-order valence-corrected chi connectivity index (χ2v) is 6.02. The van der Waals surface area contributed by atoms with Gasteiger partial charge in [0.25, 0.3) is 0 Å². The smallest absolute Gasteiger partial charge is 0.188 e. The summed E-state index contributed by atoms with van der Waals surface area (Å²) in [6.45, 7) is 7.47. The van der Waals surface area contributed by atoms with Crippen molar-refractivity contribution in [3.8, 4) is 11.5 Å². The van der Waals surface area contributed by atoms with E-state index in [0.29, 0.717) is 31.1 Å². The number of hydrogen-bond acceptors (Lipinski definition) is 3. The highest BCUT2D eigenvalue weighted by Gasteiger charge is 2.41. The van der Waals surface area contributed by atoms with Crippen molar-refractivity contribution in [3.05, 3.63) is 23.3 Å². The van der Waals surface area contributed by atoms with Crippen molar-refractivity contribution in [1.82, 2.24) is 5.32 Å². The second-order valence-electron chi connectivity index (χ2n) is 6.02. The van der Waals surface area contributed by atoms with Crippen molar-refractivity contribution < 1.29 is 9.47 Å². The number of rotatable bonds is 5. The SMILES string of the molecule is CCN=C(N)NC1CC1c1cc2c(cc1OCC)CC(C)O2. The van der Waals surface area contributed by atoms with Gasteiger partial charge in [0.1, 0.15) is 17.6 Å². The monoisotopic (exact) mass is 303 g/mol. The molecule has 0 spiro atoms. The Morgan fingerprint density at radius 1 is 1.45 bits per heavy atom. The third-order valence-electron chi connectivity index (χ3n) is 4.18. The molecule has 3 N–H and O–H groups in total. The summed E-state index contributed by atoms with van der Waals surface area (Å²) < 4.78 is 11.7. The minimum absolute atomic E-state index is 0.250. The van der Waals surface area contributed by atoms with Crippen LogP contribution >= 0.6 is 0 Å². The van der Waals surface area contributed by atoms with Gasteiger partial charge >= 0.3 is 0 Å². The lowest BCUT2D eigenvalue weighted by Crippen LogP contribution is -2.34. The fraction of sp³-hybridized carbons (Fsp3) is 0.588. The van der Waals surface area contributed by atoms with Gasteiger partial charge in [-0.15, -0.1) is 0 Å². The van der Waals surface area contributed by atoms with Crippen LogP contribution in [0.4, 0.5) is 0 Å². The molecular weight excluding hydrogens is 278 g/mol. The van der Waals surface area contributed by atoms with Crippen LogP contribution in [0.2, 0.25) is 0 Å². The minimum atomic E-state index is 0.250. The number of nitrogens with one attached hydrogen (secondary N) is 1. The summed E-state index contributed by atoms with van der Waals surface area (Å²) in [4.78, 5) is 4.19. The number of aliphatic imine (C=N–C) groups is 1. The van der Waals surface area contributed by atoms with Crippen LogP contribution in [0.3, 0.4) is 0 Å². The molecule has 0 amide bonds. The predicted molar refractivity (Wildman–Crippen MR) is 87.9 cm³/mol. The Labute approximate surface area is 131 Å². The van der Waals surface area contributed by atoms with E-state index in [2.05, 4.69) is 29.4 Å². The third-order valence-corrected chi connectivity index (χ3v) is 4.18. The Balaban J connectivity index is 1.79. The first-order valence-electron chi connectivity index (χ1n) is 8.15. The highest BCUT2D eigenvalue weighted by molar-refractivity contribution is 5.78. The molecule has 0 radical (unpaired) electrons. The van der Waals surface area contributed by atoms with E-state index >= 15 is 0 Å². The van der Waals surface area contributed by atoms with E-state index in [1.807, 2.05) is 13.8 Å². The van der Waals surface area contributed by atoms with E-state index in [4.69, 9.17) is 15.2 Å². The summed E-state index contributed by atoms with van der Waals surface area (Å²) in [6.07, 6.45) is 2.26. The number of benzene rings is 1. The quantitative estimate of drug-likeness (QED) is 0.646. The number of fused-ring (bicyclic) bond motifs is 1. The van der Waals surface area contributed by atoms with Gasteiger partial charge in [-0.25, -0.2) is 0 Å². The molecule has 3 unspecified atom stereocenters. The van der Waals surface area contributed by atoms with E-state index in [1.54, 1.807) is 0 Å². The Morgan fingerprint density at radius 3 is 3.00 bits per heavy atom. The number of nitrogens with two attached hydrogens (primary N) is 1. The number of nitrogens with zero attached hydrogens (tertiary/aromatic N) is 1. The summed E-state index contributed by atoms with van der Waals surface area (Å²) in [5.41, 5.74) is 8.32. The Bertz CT molecular complexity index is 586. The average Bonchev–Trinajstić information content (AvgIpc) is 3.10. The highest BCUT2D eigenvalue weighted by Crippen LogP contribution is 2.48. The zero-order valence-corrected chi connectivity index (χ0v) is 13.6. The van der Waals surface area contributed by atoms with Gasteiger partial charge in [0.15, 0.2) is 5.96 Å². The van der Waals surface area contributed by atoms with Gasteiger partial charge in [0.05, 0.1) is 6.61 Å². The van der Waals surface area contributed by atoms with E-state index in [1.165, 1.54) is 11.1 Å². The zero-order valence-electron chi connectivity index (χ0n) is 13.6. The fourth-order valence-corrected chi connectivity index (χ4v) is 3.13. The van der Waals surface area contributed by atoms with E-state index in [0.717, 1.165) is 24.3 Å². The van der Waals surface area contributed by atoms with Gasteiger partial charge in [0, 0.05) is 36.1 Å². The molecule has 22 heavy (non-hydrogen) atoms. The molecule has 0 saturated heterocycles. The maximum atomic E-state index is 5.89. The van der Waals surface area contributed by atoms with Crippen LogP contribution in [-0.2, 0) is 6.42 Å². The van der Waals surface area contributed by atoms with Crippen LogP contribution in [0.15, 0.2) is 17.1 Å². The molecule has 0 bridgehead atoms. The summed E-state index contributed by atoms with van der Waals surface area (Å²) >= 11 is 0. The van der Waals surface area contributed by atoms with Crippen molar-refractivity contribution in [2.75, 3.05) is 13.2 Å². The van der Waals surface area contributed by atoms with Crippen LogP contribution in [0.1, 0.15) is 44.2 Å². The van der Waals surface area contributed by atoms with E-state index in [-0.39, 0.29) is 6.10 Å². The highest BCUT2D eigenvalue weighted by atomic mass is 16.5. The van der Waals surface area contributed by atoms with Crippen molar-refractivity contribution in [1.29, 1.82) is 0 Å². The van der Waals surface area contributed by atoms with Gasteiger partial charge in [-0.05, 0) is 39.3 Å². The Kier molecular flexibility index (Phi) is 4.14. The van der Waals surface area contributed by atoms with Crippen LogP contribution in [0, 0.1) is 0 Å². The van der Waals surface area contributed by atoms with Gasteiger partial charge < -0.3 is 20.5 Å². The molecule has 1 aromatic rings. The van der Waals surface area contributed by atoms with Gasteiger partial charge in [-0.2, -0.15) is 0 Å². The third kappa shape index (κ3) is 2.98. The number of ether oxygens (including phenoxy) is 2. The van der Waals surface area contributed by atoms with Gasteiger partial charge in [-0.1, -0.05) is 0 Å². The van der Waals surface area contributed by atoms with Crippen LogP contribution < -0.4 is 20.5 Å². The lowest BCUT2D eigenvalue weighted by molar-refractivity contribution is 0.254. The Hall–Kier alpha value is -1.91. The minimum Gasteiger partial charge on any atom is -0.494 e. The summed E-state index contributed by atoms with van der Waals surface area (Å²) in [7, 11) is 0. The second kappa shape index (κ2) is 6.07. The maximum Gasteiger partial charge on any atom is 0.188 e. The first-order valence-corrected chi connectivity index (χ1v) is 8.15. The fourth-order valence-electron chi connectivity index (χ4n) is 3.13. The molecule has 1 fully saturated rings. The molecule has 2 aliphatic rings. The van der Waals surface area contributed by atoms with Crippen molar-refractivity contribution in [2.45, 2.75) is 51.7 Å². The number of guanidine groups is 1. The molecule has 1 heterocycles. The zero-order chi connectivity index (χ0) is 15.7. The normalized spacial score (nSPS) is 26.3. The molecule has 0 aromatic heterocycles. The Morgan fingerprint density at radius 2 is 2.27 bits per heavy atom. The molecule has 3 atom stereocenters. The predicted octanol–water partition coefficient (Wildman–Crippen LogP) is 2.19. The topological polar surface area (TPSA) is 68.9 Å². The van der Waals surface area contributed by atoms with Crippen LogP contribution in [0.5, 0.6) is 11.5 Å². The lowest BCUT2D eigenvalue weighted by Gasteiger charge is -2.13. The van der Waals surface area contributed by atoms with Gasteiger partial charge in [0.2, 0.25) is 0 Å². The molecule has 5 nitrogen and oxygen atoms in total. The van der Waals surface area contributed by atoms with Crippen LogP contribution in [-0.4, -0.2) is 31.3 Å². The van der Waals surface area contributed by atoms with Crippen molar-refractivity contribution in [3.63, 3.8) is 0 Å². The first kappa shape index (κ1) is 15.0. The van der Waals surface area contributed by atoms with Gasteiger partial charge in [-0.3, -0.25) is 4.99 Å². The van der Waals surface area contributed by atoms with E-state index in [9.17, 15) is 0 Å². The molecule has 1 saturated carbocycles. The molecule has 1 aliphatic heterocycles. The standard InChI is InChI=1S/C17H25N3O2/c1-4-19-17(18)20-14-8-12(14)13-9-15-11(6-10(3)22-15)7-16(13)21-5-2/h7,9-10,12,14H,4-6,8H2,1-3H3,(H3,18,19,20). The molecular formula is C17H25N3O2. The first-order chi connectivity index (χ1) is 10.6. The largest absolute Gasteiger partial charge is 0.494 e. The number of hydrogen-bond donors (Lipinski definition) is 2. The molecule has 3 rings (SSSR count). The van der Waals surface area contributed by atoms with Crippen LogP contribution in [0.25, 0.3) is 0 Å². The molecule has 120 valence electrons. The summed E-state index contributed by atoms with van der Waals surface area (Å²) in [5.74, 6) is 2.93. The maximum absolute atomic E-state index is 5.89. The summed E-state index contributed by atoms with van der Waals surface area (Å²) in [5, 5.41) is 3.28. The molecule has 5 heteroatoms. The molecule has 1 aliphatic carbocycles. The lowest BCUT2D eigenvalue weighted by atomic mass is 10.0. The van der Waals surface area contributed by atoms with Crippen molar-refractivity contribution in [2.24, 2.45) is 10.7 Å². The average molecular weight is 303 g/mol. The van der Waals surface area contributed by atoms with E-state index < -0.39 is 0 Å². The van der Waals surface area contributed by atoms with Crippen molar-refractivity contribution >= 4 is 5.96 Å². The summed E-state index contributed by atoms with van der Waals surface area (Å²) in [6, 6.07) is 4.64.